The first-order chi connectivity index (χ1) is 12.8. The van der Waals surface area contributed by atoms with Crippen LogP contribution in [0.25, 0.3) is 28.0 Å². The molecule has 0 amide bonds. The summed E-state index contributed by atoms with van der Waals surface area (Å²) in [6.45, 7) is 2.04. The summed E-state index contributed by atoms with van der Waals surface area (Å²) in [7, 11) is 0. The lowest BCUT2D eigenvalue weighted by atomic mass is 10.1. The molecule has 0 atom stereocenters. The van der Waals surface area contributed by atoms with Crippen molar-refractivity contribution in [2.45, 2.75) is 6.92 Å². The van der Waals surface area contributed by atoms with Gasteiger partial charge < -0.3 is 4.74 Å². The predicted molar refractivity (Wildman–Crippen MR) is 99.7 cm³/mol. The van der Waals surface area contributed by atoms with Crippen LogP contribution >= 0.6 is 0 Å². The van der Waals surface area contributed by atoms with Crippen LogP contribution in [0, 0.1) is 18.3 Å². The van der Waals surface area contributed by atoms with Gasteiger partial charge in [0.05, 0.1) is 11.4 Å². The molecule has 0 saturated heterocycles. The van der Waals surface area contributed by atoms with Crippen LogP contribution in [-0.2, 0) is 0 Å². The molecule has 0 aliphatic carbocycles. The molecule has 126 valence electrons. The second-order valence-corrected chi connectivity index (χ2v) is 5.86. The first kappa shape index (κ1) is 15.9. The number of hydrogen-bond donors (Lipinski definition) is 0. The molecule has 2 aromatic heterocycles. The third kappa shape index (κ3) is 2.78. The highest BCUT2D eigenvalue weighted by molar-refractivity contribution is 5.81. The molecule has 0 unspecified atom stereocenters. The predicted octanol–water partition coefficient (Wildman–Crippen LogP) is 4.27. The number of hydrogen-bond acceptors (Lipinski definition) is 4. The number of nitriles is 1. The SMILES string of the molecule is Cc1nn2c(-c3ccc(OCC#N)cc3)ccnc2c1-c1ccccc1. The molecule has 0 saturated carbocycles. The van der Waals surface area contributed by atoms with Gasteiger partial charge in [0.15, 0.2) is 12.3 Å². The Labute approximate surface area is 151 Å². The Hall–Kier alpha value is -3.65. The fourth-order valence-electron chi connectivity index (χ4n) is 3.05. The summed E-state index contributed by atoms with van der Waals surface area (Å²) < 4.78 is 7.20. The van der Waals surface area contributed by atoms with Gasteiger partial charge in [-0.15, -0.1) is 0 Å². The molecule has 0 spiro atoms. The number of ether oxygens (including phenoxy) is 1. The van der Waals surface area contributed by atoms with E-state index < -0.39 is 0 Å². The van der Waals surface area contributed by atoms with Crippen LogP contribution in [0.5, 0.6) is 5.75 Å². The van der Waals surface area contributed by atoms with Crippen molar-refractivity contribution in [3.63, 3.8) is 0 Å². The minimum Gasteiger partial charge on any atom is -0.479 e. The molecular formula is C21H16N4O. The topological polar surface area (TPSA) is 63.2 Å². The molecule has 4 aromatic rings. The Morgan fingerprint density at radius 3 is 2.50 bits per heavy atom. The lowest BCUT2D eigenvalue weighted by Gasteiger charge is -2.07. The van der Waals surface area contributed by atoms with Crippen LogP contribution < -0.4 is 4.74 Å². The van der Waals surface area contributed by atoms with E-state index in [1.165, 1.54) is 0 Å². The molecule has 2 aromatic carbocycles. The molecule has 5 nitrogen and oxygen atoms in total. The summed E-state index contributed by atoms with van der Waals surface area (Å²) >= 11 is 0. The Kier molecular flexibility index (Phi) is 4.08. The molecule has 0 bridgehead atoms. The molecule has 26 heavy (non-hydrogen) atoms. The monoisotopic (exact) mass is 340 g/mol. The van der Waals surface area contributed by atoms with E-state index in [0.717, 1.165) is 33.7 Å². The van der Waals surface area contributed by atoms with Crippen molar-refractivity contribution in [3.8, 4) is 34.2 Å². The van der Waals surface area contributed by atoms with Gasteiger partial charge in [-0.25, -0.2) is 9.50 Å². The maximum Gasteiger partial charge on any atom is 0.174 e. The van der Waals surface area contributed by atoms with Gasteiger partial charge in [0.2, 0.25) is 0 Å². The van der Waals surface area contributed by atoms with Gasteiger partial charge in [0.25, 0.3) is 0 Å². The van der Waals surface area contributed by atoms with Crippen molar-refractivity contribution in [3.05, 3.63) is 72.6 Å². The standard InChI is InChI=1S/C21H16N4O/c1-15-20(17-5-3-2-4-6-17)21-23-13-11-19(25(21)24-15)16-7-9-18(10-8-16)26-14-12-22/h2-11,13H,14H2,1H3. The van der Waals surface area contributed by atoms with Gasteiger partial charge in [-0.3, -0.25) is 0 Å². The molecule has 2 heterocycles. The number of nitrogens with zero attached hydrogens (tertiary/aromatic N) is 4. The molecule has 0 aliphatic heterocycles. The van der Waals surface area contributed by atoms with Crippen LogP contribution in [0.1, 0.15) is 5.69 Å². The van der Waals surface area contributed by atoms with E-state index >= 15 is 0 Å². The van der Waals surface area contributed by atoms with Crippen LogP contribution in [0.15, 0.2) is 66.9 Å². The Morgan fingerprint density at radius 1 is 1.00 bits per heavy atom. The van der Waals surface area contributed by atoms with Crippen molar-refractivity contribution < 1.29 is 4.74 Å². The first-order valence-electron chi connectivity index (χ1n) is 8.28. The smallest absolute Gasteiger partial charge is 0.174 e. The summed E-state index contributed by atoms with van der Waals surface area (Å²) in [5.74, 6) is 0.669. The number of aryl methyl sites for hydroxylation is 1. The minimum atomic E-state index is 0.0393. The van der Waals surface area contributed by atoms with Gasteiger partial charge in [0, 0.05) is 17.3 Å². The van der Waals surface area contributed by atoms with Crippen LogP contribution in [0.4, 0.5) is 0 Å². The number of aromatic nitrogens is 3. The highest BCUT2D eigenvalue weighted by Gasteiger charge is 2.15. The van der Waals surface area contributed by atoms with Crippen molar-refractivity contribution >= 4 is 5.65 Å². The van der Waals surface area contributed by atoms with E-state index in [1.807, 2.05) is 66.0 Å². The van der Waals surface area contributed by atoms with Crippen molar-refractivity contribution in [2.75, 3.05) is 6.61 Å². The van der Waals surface area contributed by atoms with E-state index in [2.05, 4.69) is 17.1 Å². The third-order valence-electron chi connectivity index (χ3n) is 4.21. The summed E-state index contributed by atoms with van der Waals surface area (Å²) in [5, 5.41) is 13.3. The summed E-state index contributed by atoms with van der Waals surface area (Å²) in [5.41, 5.74) is 5.86. The van der Waals surface area contributed by atoms with Gasteiger partial charge in [-0.1, -0.05) is 30.3 Å². The highest BCUT2D eigenvalue weighted by atomic mass is 16.5. The molecular weight excluding hydrogens is 324 g/mol. The summed E-state index contributed by atoms with van der Waals surface area (Å²) in [4.78, 5) is 4.56. The molecule has 0 fully saturated rings. The quantitative estimate of drug-likeness (QED) is 0.556. The highest BCUT2D eigenvalue weighted by Crippen LogP contribution is 2.30. The van der Waals surface area contributed by atoms with Crippen molar-refractivity contribution in [1.82, 2.24) is 14.6 Å². The Morgan fingerprint density at radius 2 is 1.77 bits per heavy atom. The van der Waals surface area contributed by atoms with Gasteiger partial charge in [-0.05, 0) is 42.8 Å². The van der Waals surface area contributed by atoms with Gasteiger partial charge in [0.1, 0.15) is 11.8 Å². The second-order valence-electron chi connectivity index (χ2n) is 5.86. The molecule has 5 heteroatoms. The second kappa shape index (κ2) is 6.69. The Balaban J connectivity index is 1.81. The molecule has 4 rings (SSSR count). The zero-order chi connectivity index (χ0) is 17.9. The van der Waals surface area contributed by atoms with E-state index in [-0.39, 0.29) is 6.61 Å². The maximum absolute atomic E-state index is 8.61. The lowest BCUT2D eigenvalue weighted by molar-refractivity contribution is 0.368. The summed E-state index contributed by atoms with van der Waals surface area (Å²) in [6.07, 6.45) is 1.80. The van der Waals surface area contributed by atoms with E-state index in [4.69, 9.17) is 15.1 Å². The fraction of sp³-hybridized carbons (Fsp3) is 0.0952. The summed E-state index contributed by atoms with van der Waals surface area (Å²) in [6, 6.07) is 21.7. The van der Waals surface area contributed by atoms with E-state index in [0.29, 0.717) is 5.75 Å². The average molecular weight is 340 g/mol. The molecule has 0 aliphatic rings. The largest absolute Gasteiger partial charge is 0.479 e. The third-order valence-corrected chi connectivity index (χ3v) is 4.21. The van der Waals surface area contributed by atoms with Crippen LogP contribution in [-0.4, -0.2) is 21.2 Å². The van der Waals surface area contributed by atoms with Crippen molar-refractivity contribution in [1.29, 1.82) is 5.26 Å². The van der Waals surface area contributed by atoms with Crippen molar-refractivity contribution in [2.24, 2.45) is 0 Å². The van der Waals surface area contributed by atoms with E-state index in [9.17, 15) is 0 Å². The number of fused-ring (bicyclic) bond motifs is 1. The van der Waals surface area contributed by atoms with Crippen LogP contribution in [0.2, 0.25) is 0 Å². The zero-order valence-electron chi connectivity index (χ0n) is 14.3. The normalized spacial score (nSPS) is 10.6. The molecule has 0 N–H and O–H groups in total. The maximum atomic E-state index is 8.61. The minimum absolute atomic E-state index is 0.0393. The lowest BCUT2D eigenvalue weighted by Crippen LogP contribution is -1.97. The van der Waals surface area contributed by atoms with Gasteiger partial charge in [-0.2, -0.15) is 10.4 Å². The van der Waals surface area contributed by atoms with E-state index in [1.54, 1.807) is 6.20 Å². The van der Waals surface area contributed by atoms with Gasteiger partial charge >= 0.3 is 0 Å². The fourth-order valence-corrected chi connectivity index (χ4v) is 3.05. The number of benzene rings is 2. The van der Waals surface area contributed by atoms with Crippen LogP contribution in [0.3, 0.4) is 0 Å². The first-order valence-corrected chi connectivity index (χ1v) is 8.28. The Bertz CT molecular complexity index is 1090. The zero-order valence-corrected chi connectivity index (χ0v) is 14.3. The molecule has 0 radical (unpaired) electrons. The number of rotatable bonds is 4. The average Bonchev–Trinajstić information content (AvgIpc) is 3.03.